The standard InChI is InChI=1S/C21H14BrN3O/c22-17-13-23-11-10-19(17)25-21(26)16-12-20(14-6-2-1-3-7-14)24-18-9-5-4-8-15(16)18/h1-13H,(H,23,25,26). The van der Waals surface area contributed by atoms with Gasteiger partial charge in [-0.25, -0.2) is 4.98 Å². The number of hydrogen-bond acceptors (Lipinski definition) is 3. The number of nitrogens with one attached hydrogen (secondary N) is 1. The third-order valence-corrected chi connectivity index (χ3v) is 4.68. The first kappa shape index (κ1) is 16.4. The number of rotatable bonds is 3. The van der Waals surface area contributed by atoms with Gasteiger partial charge in [-0.1, -0.05) is 48.5 Å². The first-order valence-electron chi connectivity index (χ1n) is 8.08. The van der Waals surface area contributed by atoms with Crippen molar-refractivity contribution in [3.63, 3.8) is 0 Å². The second-order valence-corrected chi connectivity index (χ2v) is 6.60. The Morgan fingerprint density at radius 3 is 2.54 bits per heavy atom. The Balaban J connectivity index is 1.83. The molecule has 0 aliphatic rings. The van der Waals surface area contributed by atoms with Crippen LogP contribution in [0.4, 0.5) is 5.69 Å². The molecule has 0 saturated carbocycles. The molecule has 4 nitrogen and oxygen atoms in total. The quantitative estimate of drug-likeness (QED) is 0.504. The van der Waals surface area contributed by atoms with Gasteiger partial charge in [0.1, 0.15) is 0 Å². The zero-order valence-electron chi connectivity index (χ0n) is 13.7. The number of para-hydroxylation sites is 1. The summed E-state index contributed by atoms with van der Waals surface area (Å²) in [6, 6.07) is 21.1. The lowest BCUT2D eigenvalue weighted by Gasteiger charge is -2.11. The van der Waals surface area contributed by atoms with E-state index in [4.69, 9.17) is 4.98 Å². The minimum absolute atomic E-state index is 0.187. The van der Waals surface area contributed by atoms with Crippen LogP contribution in [-0.2, 0) is 0 Å². The Labute approximate surface area is 159 Å². The van der Waals surface area contributed by atoms with E-state index in [-0.39, 0.29) is 5.91 Å². The van der Waals surface area contributed by atoms with Crippen LogP contribution in [0.5, 0.6) is 0 Å². The Bertz CT molecular complexity index is 1100. The molecule has 2 aromatic carbocycles. The molecular formula is C21H14BrN3O. The zero-order chi connectivity index (χ0) is 17.9. The second-order valence-electron chi connectivity index (χ2n) is 5.75. The van der Waals surface area contributed by atoms with Crippen LogP contribution in [0.2, 0.25) is 0 Å². The van der Waals surface area contributed by atoms with Crippen molar-refractivity contribution in [1.82, 2.24) is 9.97 Å². The molecule has 0 unspecified atom stereocenters. The topological polar surface area (TPSA) is 54.9 Å². The lowest BCUT2D eigenvalue weighted by atomic mass is 10.0. The fraction of sp³-hybridized carbons (Fsp3) is 0. The summed E-state index contributed by atoms with van der Waals surface area (Å²) in [6.45, 7) is 0. The van der Waals surface area contributed by atoms with Gasteiger partial charge in [0.15, 0.2) is 0 Å². The molecule has 0 atom stereocenters. The van der Waals surface area contributed by atoms with E-state index in [1.54, 1.807) is 18.5 Å². The van der Waals surface area contributed by atoms with E-state index >= 15 is 0 Å². The number of carbonyl (C=O) groups is 1. The summed E-state index contributed by atoms with van der Waals surface area (Å²) in [5.74, 6) is -0.187. The maximum Gasteiger partial charge on any atom is 0.256 e. The summed E-state index contributed by atoms with van der Waals surface area (Å²) in [7, 11) is 0. The molecular weight excluding hydrogens is 390 g/mol. The van der Waals surface area contributed by atoms with Crippen LogP contribution < -0.4 is 5.32 Å². The number of halogens is 1. The number of pyridine rings is 2. The maximum absolute atomic E-state index is 13.0. The van der Waals surface area contributed by atoms with Gasteiger partial charge in [0, 0.05) is 23.3 Å². The average molecular weight is 404 g/mol. The predicted octanol–water partition coefficient (Wildman–Crippen LogP) is 5.31. The van der Waals surface area contributed by atoms with Crippen LogP contribution >= 0.6 is 15.9 Å². The second kappa shape index (κ2) is 7.06. The molecule has 0 fully saturated rings. The van der Waals surface area contributed by atoms with Gasteiger partial charge < -0.3 is 5.32 Å². The molecule has 1 N–H and O–H groups in total. The van der Waals surface area contributed by atoms with Crippen LogP contribution in [0.15, 0.2) is 83.6 Å². The van der Waals surface area contributed by atoms with Crippen LogP contribution in [0, 0.1) is 0 Å². The Morgan fingerprint density at radius 1 is 0.962 bits per heavy atom. The van der Waals surface area contributed by atoms with Crippen LogP contribution in [0.3, 0.4) is 0 Å². The largest absolute Gasteiger partial charge is 0.321 e. The average Bonchev–Trinajstić information content (AvgIpc) is 2.69. The van der Waals surface area contributed by atoms with Gasteiger partial charge in [-0.2, -0.15) is 0 Å². The molecule has 5 heteroatoms. The molecule has 0 bridgehead atoms. The lowest BCUT2D eigenvalue weighted by molar-refractivity contribution is 0.102. The fourth-order valence-corrected chi connectivity index (χ4v) is 3.14. The van der Waals surface area contributed by atoms with E-state index in [0.29, 0.717) is 11.3 Å². The number of fused-ring (bicyclic) bond motifs is 1. The summed E-state index contributed by atoms with van der Waals surface area (Å²) >= 11 is 3.41. The number of benzene rings is 2. The number of amides is 1. The van der Waals surface area contributed by atoms with E-state index < -0.39 is 0 Å². The van der Waals surface area contributed by atoms with Gasteiger partial charge in [0.25, 0.3) is 5.91 Å². The van der Waals surface area contributed by atoms with Crippen molar-refractivity contribution < 1.29 is 4.79 Å². The molecule has 2 aromatic heterocycles. The van der Waals surface area contributed by atoms with Crippen molar-refractivity contribution in [3.8, 4) is 11.3 Å². The molecule has 0 spiro atoms. The normalized spacial score (nSPS) is 10.7. The summed E-state index contributed by atoms with van der Waals surface area (Å²) in [6.07, 6.45) is 3.29. The molecule has 0 aliphatic carbocycles. The molecule has 4 aromatic rings. The van der Waals surface area contributed by atoms with Crippen molar-refractivity contribution in [2.24, 2.45) is 0 Å². The SMILES string of the molecule is O=C(Nc1ccncc1Br)c1cc(-c2ccccc2)nc2ccccc12. The minimum Gasteiger partial charge on any atom is -0.321 e. The van der Waals surface area contributed by atoms with Gasteiger partial charge in [-0.05, 0) is 34.1 Å². The smallest absolute Gasteiger partial charge is 0.256 e. The molecule has 0 aliphatic heterocycles. The number of hydrogen-bond donors (Lipinski definition) is 1. The van der Waals surface area contributed by atoms with E-state index in [2.05, 4.69) is 26.2 Å². The van der Waals surface area contributed by atoms with Gasteiger partial charge in [0.2, 0.25) is 0 Å². The van der Waals surface area contributed by atoms with Gasteiger partial charge in [-0.15, -0.1) is 0 Å². The zero-order valence-corrected chi connectivity index (χ0v) is 15.3. The third kappa shape index (κ3) is 3.21. The molecule has 4 rings (SSSR count). The highest BCUT2D eigenvalue weighted by molar-refractivity contribution is 9.10. The first-order valence-corrected chi connectivity index (χ1v) is 8.88. The summed E-state index contributed by atoms with van der Waals surface area (Å²) in [5, 5.41) is 3.76. The minimum atomic E-state index is -0.187. The lowest BCUT2D eigenvalue weighted by Crippen LogP contribution is -2.13. The van der Waals surface area contributed by atoms with Crippen molar-refractivity contribution in [3.05, 3.63) is 89.2 Å². The van der Waals surface area contributed by atoms with Crippen molar-refractivity contribution >= 4 is 38.4 Å². The van der Waals surface area contributed by atoms with Crippen LogP contribution in [-0.4, -0.2) is 15.9 Å². The van der Waals surface area contributed by atoms with E-state index in [1.165, 1.54) is 0 Å². The number of aromatic nitrogens is 2. The maximum atomic E-state index is 13.0. The highest BCUT2D eigenvalue weighted by atomic mass is 79.9. The van der Waals surface area contributed by atoms with Crippen molar-refractivity contribution in [2.75, 3.05) is 5.32 Å². The molecule has 1 amide bonds. The molecule has 2 heterocycles. The van der Waals surface area contributed by atoms with Crippen molar-refractivity contribution in [1.29, 1.82) is 0 Å². The summed E-state index contributed by atoms with van der Waals surface area (Å²) in [5.41, 5.74) is 3.78. The summed E-state index contributed by atoms with van der Waals surface area (Å²) < 4.78 is 0.731. The number of carbonyl (C=O) groups excluding carboxylic acids is 1. The van der Waals surface area contributed by atoms with Crippen LogP contribution in [0.1, 0.15) is 10.4 Å². The van der Waals surface area contributed by atoms with E-state index in [1.807, 2.05) is 60.7 Å². The Kier molecular flexibility index (Phi) is 4.46. The van der Waals surface area contributed by atoms with E-state index in [9.17, 15) is 4.79 Å². The highest BCUT2D eigenvalue weighted by Crippen LogP contribution is 2.27. The Morgan fingerprint density at radius 2 is 1.73 bits per heavy atom. The summed E-state index contributed by atoms with van der Waals surface area (Å²) in [4.78, 5) is 21.7. The number of nitrogens with zero attached hydrogens (tertiary/aromatic N) is 2. The molecule has 0 radical (unpaired) electrons. The molecule has 26 heavy (non-hydrogen) atoms. The van der Waals surface area contributed by atoms with Gasteiger partial charge in [0.05, 0.1) is 26.9 Å². The molecule has 126 valence electrons. The van der Waals surface area contributed by atoms with Gasteiger partial charge >= 0.3 is 0 Å². The van der Waals surface area contributed by atoms with Crippen LogP contribution in [0.25, 0.3) is 22.2 Å². The van der Waals surface area contributed by atoms with Crippen molar-refractivity contribution in [2.45, 2.75) is 0 Å². The Hall–Kier alpha value is -3.05. The van der Waals surface area contributed by atoms with Gasteiger partial charge in [-0.3, -0.25) is 9.78 Å². The predicted molar refractivity (Wildman–Crippen MR) is 107 cm³/mol. The highest BCUT2D eigenvalue weighted by Gasteiger charge is 2.15. The molecule has 0 saturated heterocycles. The van der Waals surface area contributed by atoms with E-state index in [0.717, 1.165) is 26.6 Å². The fourth-order valence-electron chi connectivity index (χ4n) is 2.79. The monoisotopic (exact) mass is 403 g/mol. The number of anilines is 1. The third-order valence-electron chi connectivity index (χ3n) is 4.05. The first-order chi connectivity index (χ1) is 12.7.